The van der Waals surface area contributed by atoms with Crippen LogP contribution in [-0.4, -0.2) is 96.0 Å². The first-order valence-corrected chi connectivity index (χ1v) is 21.2. The van der Waals surface area contributed by atoms with Crippen LogP contribution >= 0.6 is 23.4 Å². The molecule has 0 saturated heterocycles. The molecular weight excluding hydrogens is 848 g/mol. The van der Waals surface area contributed by atoms with E-state index in [0.29, 0.717) is 9.58 Å². The van der Waals surface area contributed by atoms with Crippen molar-refractivity contribution >= 4 is 55.6 Å². The van der Waals surface area contributed by atoms with E-state index in [9.17, 15) is 52.8 Å². The van der Waals surface area contributed by atoms with Crippen LogP contribution in [-0.2, 0) is 32.0 Å². The van der Waals surface area contributed by atoms with E-state index in [1.54, 1.807) is 30.3 Å². The van der Waals surface area contributed by atoms with Gasteiger partial charge < -0.3 is 4.90 Å². The van der Waals surface area contributed by atoms with Crippen molar-refractivity contribution in [1.82, 2.24) is 34.4 Å². The fraction of sp³-hybridized carbons (Fsp3) is 0.294. The molecule has 0 amide bonds. The number of hydrogen-bond acceptors (Lipinski definition) is 12. The third-order valence-corrected chi connectivity index (χ3v) is 11.2. The van der Waals surface area contributed by atoms with Crippen LogP contribution in [0.3, 0.4) is 0 Å². The van der Waals surface area contributed by atoms with Gasteiger partial charge in [0.15, 0.2) is 55.3 Å². The van der Waals surface area contributed by atoms with E-state index >= 15 is 0 Å². The van der Waals surface area contributed by atoms with Crippen molar-refractivity contribution < 1.29 is 52.8 Å². The van der Waals surface area contributed by atoms with Gasteiger partial charge in [-0.1, -0.05) is 62.3 Å². The first-order valence-electron chi connectivity index (χ1n) is 16.3. The largest absolute Gasteiger partial charge is 0.435 e. The van der Waals surface area contributed by atoms with Gasteiger partial charge in [0.05, 0.1) is 20.9 Å². The minimum Gasteiger partial charge on any atom is -0.304 e. The minimum absolute atomic E-state index is 0.0515. The molecule has 308 valence electrons. The van der Waals surface area contributed by atoms with Gasteiger partial charge in [0.1, 0.15) is 10.2 Å². The van der Waals surface area contributed by atoms with Crippen molar-refractivity contribution in [3.05, 3.63) is 94.7 Å². The van der Waals surface area contributed by atoms with Crippen LogP contribution in [0.5, 0.6) is 0 Å². The zero-order valence-electron chi connectivity index (χ0n) is 30.6. The van der Waals surface area contributed by atoms with Gasteiger partial charge in [-0.25, -0.2) is 36.2 Å². The molecule has 0 atom stereocenters. The Morgan fingerprint density at radius 2 is 1.11 bits per heavy atom. The number of hydrogen-bond donors (Lipinski definition) is 0. The Balaban J connectivity index is 0.000000267. The number of pyridine rings is 2. The van der Waals surface area contributed by atoms with Crippen molar-refractivity contribution in [2.75, 3.05) is 32.1 Å². The van der Waals surface area contributed by atoms with Crippen LogP contribution in [0.1, 0.15) is 52.9 Å². The quantitative estimate of drug-likeness (QED) is 0.0972. The van der Waals surface area contributed by atoms with Crippen LogP contribution in [0.15, 0.2) is 86.7 Å². The van der Waals surface area contributed by atoms with Crippen LogP contribution < -0.4 is 0 Å². The van der Waals surface area contributed by atoms with Gasteiger partial charge in [-0.2, -0.15) is 36.5 Å². The van der Waals surface area contributed by atoms with E-state index in [-0.39, 0.29) is 39.0 Å². The molecule has 0 N–H and O–H groups in total. The van der Waals surface area contributed by atoms with Crippen molar-refractivity contribution in [1.29, 1.82) is 0 Å². The molecule has 57 heavy (non-hydrogen) atoms. The molecule has 0 fully saturated rings. The molecule has 4 aromatic heterocycles. The number of rotatable bonds is 11. The van der Waals surface area contributed by atoms with Gasteiger partial charge in [0, 0.05) is 29.8 Å². The lowest BCUT2D eigenvalue weighted by Gasteiger charge is -2.13. The Hall–Kier alpha value is -4.64. The first kappa shape index (κ1) is 46.7. The second kappa shape index (κ2) is 19.2. The number of aldehydes is 2. The Morgan fingerprint density at radius 1 is 0.684 bits per heavy atom. The number of alkyl halides is 6. The molecule has 0 aliphatic carbocycles. The molecule has 0 aliphatic heterocycles. The first-order chi connectivity index (χ1) is 26.5. The number of carbonyl (C=O) groups is 2. The Bertz CT molecular complexity index is 2360. The van der Waals surface area contributed by atoms with Gasteiger partial charge in [0.2, 0.25) is 0 Å². The van der Waals surface area contributed by atoms with E-state index in [2.05, 4.69) is 45.8 Å². The summed E-state index contributed by atoms with van der Waals surface area (Å²) >= 11 is 6.63. The normalized spacial score (nSPS) is 12.0. The third kappa shape index (κ3) is 12.2. The average molecular weight is 882 g/mol. The molecule has 0 spiro atoms. The Morgan fingerprint density at radius 3 is 1.44 bits per heavy atom. The summed E-state index contributed by atoms with van der Waals surface area (Å²) in [4.78, 5) is 32.6. The summed E-state index contributed by atoms with van der Waals surface area (Å²) in [6.45, 7) is 10.1. The maximum atomic E-state index is 13.4. The van der Waals surface area contributed by atoms with Gasteiger partial charge in [-0.15, -0.1) is 0 Å². The number of benzene rings is 1. The molecule has 1 aromatic carbocycles. The lowest BCUT2D eigenvalue weighted by Crippen LogP contribution is -2.21. The fourth-order valence-corrected chi connectivity index (χ4v) is 6.93. The van der Waals surface area contributed by atoms with Crippen LogP contribution in [0.2, 0.25) is 5.15 Å². The molecule has 5 aromatic rings. The smallest absolute Gasteiger partial charge is 0.304 e. The molecule has 0 radical (unpaired) electrons. The van der Waals surface area contributed by atoms with Crippen LogP contribution in [0.4, 0.5) is 26.3 Å². The highest BCUT2D eigenvalue weighted by molar-refractivity contribution is 7.99. The summed E-state index contributed by atoms with van der Waals surface area (Å²) in [5.41, 5.74) is -4.21. The lowest BCUT2D eigenvalue weighted by atomic mass is 10.2. The van der Waals surface area contributed by atoms with E-state index in [1.165, 1.54) is 31.8 Å². The molecule has 0 bridgehead atoms. The predicted octanol–water partition coefficient (Wildman–Crippen LogP) is 7.16. The zero-order valence-corrected chi connectivity index (χ0v) is 33.8. The lowest BCUT2D eigenvalue weighted by molar-refractivity contribution is -0.142. The molecular formula is C34H34ClF6N7O6S3. The van der Waals surface area contributed by atoms with E-state index in [1.807, 2.05) is 0 Å². The number of halogens is 7. The summed E-state index contributed by atoms with van der Waals surface area (Å²) in [6, 6.07) is 13.2. The molecule has 0 aliphatic rings. The second-order valence-corrected chi connectivity index (χ2v) is 16.9. The highest BCUT2D eigenvalue weighted by Gasteiger charge is 2.41. The van der Waals surface area contributed by atoms with Gasteiger partial charge in [0.25, 0.3) is 0 Å². The fourth-order valence-electron chi connectivity index (χ4n) is 4.56. The summed E-state index contributed by atoms with van der Waals surface area (Å²) in [6.07, 6.45) is -5.74. The number of sulfone groups is 2. The molecule has 0 unspecified atom stereocenters. The average Bonchev–Trinajstić information content (AvgIpc) is 3.70. The predicted molar refractivity (Wildman–Crippen MR) is 199 cm³/mol. The summed E-state index contributed by atoms with van der Waals surface area (Å²) in [7, 11) is -7.03. The van der Waals surface area contributed by atoms with Gasteiger partial charge in [-0.05, 0) is 56.0 Å². The summed E-state index contributed by atoms with van der Waals surface area (Å²) in [5, 5.41) is 6.13. The van der Waals surface area contributed by atoms with Crippen molar-refractivity contribution in [3.63, 3.8) is 0 Å². The van der Waals surface area contributed by atoms with Gasteiger partial charge >= 0.3 is 12.4 Å². The summed E-state index contributed by atoms with van der Waals surface area (Å²) in [5.74, 6) is -0.208. The van der Waals surface area contributed by atoms with E-state index in [0.717, 1.165) is 53.5 Å². The Kier molecular flexibility index (Phi) is 15.7. The highest BCUT2D eigenvalue weighted by atomic mass is 35.5. The standard InChI is InChI=1S/C17H12F3N3O3S2.C11H7ClF3N3O3S.C6H15N/c1-28(25,26)12-7-8-14(21-9-12)23-16(27-11-5-3-2-4-6-11)13(10-24)15(22-23)17(18,19)20;1-22(20,21)6-2-3-8(16-4-6)18-10(12)7(5-19)9(17-18)11(13,14)15;1-4-7(5-2)6-3/h2-10H,1H3;2-5H,1H3;4-6H2,1-3H3. The Labute approximate surface area is 332 Å². The maximum Gasteiger partial charge on any atom is 0.435 e. The SMILES string of the molecule is CCN(CC)CC.CS(=O)(=O)c1ccc(-n2nc(C(F)(F)F)c(C=O)c2Cl)nc1.CS(=O)(=O)c1ccc(-n2nc(C(F)(F)F)c(C=O)c2Sc2ccccc2)nc1. The second-order valence-electron chi connectivity index (χ2n) is 11.5. The zero-order chi connectivity index (χ0) is 42.9. The summed E-state index contributed by atoms with van der Waals surface area (Å²) < 4.78 is 126. The highest BCUT2D eigenvalue weighted by Crippen LogP contribution is 2.39. The molecule has 23 heteroatoms. The van der Waals surface area contributed by atoms with Crippen molar-refractivity contribution in [2.45, 2.75) is 52.8 Å². The number of aromatic nitrogens is 6. The van der Waals surface area contributed by atoms with Crippen molar-refractivity contribution in [3.8, 4) is 11.6 Å². The molecule has 0 saturated carbocycles. The monoisotopic (exact) mass is 881 g/mol. The minimum atomic E-state index is -4.86. The topological polar surface area (TPSA) is 167 Å². The van der Waals surface area contributed by atoms with Crippen LogP contribution in [0.25, 0.3) is 11.6 Å². The van der Waals surface area contributed by atoms with Gasteiger partial charge in [-0.3, -0.25) is 9.59 Å². The van der Waals surface area contributed by atoms with Crippen molar-refractivity contribution in [2.24, 2.45) is 0 Å². The number of carbonyl (C=O) groups excluding carboxylic acids is 2. The van der Waals surface area contributed by atoms with E-state index in [4.69, 9.17) is 11.6 Å². The molecule has 13 nitrogen and oxygen atoms in total. The van der Waals surface area contributed by atoms with Crippen LogP contribution in [0, 0.1) is 0 Å². The maximum absolute atomic E-state index is 13.4. The number of nitrogens with zero attached hydrogens (tertiary/aromatic N) is 7. The third-order valence-electron chi connectivity index (χ3n) is 7.55. The molecule has 5 rings (SSSR count). The molecule has 4 heterocycles. The van der Waals surface area contributed by atoms with E-state index < -0.39 is 59.7 Å².